The Morgan fingerprint density at radius 2 is 1.69 bits per heavy atom. The van der Waals surface area contributed by atoms with Crippen molar-refractivity contribution in [1.82, 2.24) is 0 Å². The normalized spacial score (nSPS) is 42.8. The number of hydrogen-bond acceptors (Lipinski definition) is 8. The van der Waals surface area contributed by atoms with Crippen LogP contribution < -0.4 is 0 Å². The van der Waals surface area contributed by atoms with Crippen LogP contribution in [0, 0.1) is 23.2 Å². The van der Waals surface area contributed by atoms with Crippen molar-refractivity contribution in [3.8, 4) is 0 Å². The molecule has 3 N–H and O–H groups in total. The van der Waals surface area contributed by atoms with Gasteiger partial charge in [-0.3, -0.25) is 14.4 Å². The number of aliphatic hydroxyl groups excluding tert-OH is 1. The summed E-state index contributed by atoms with van der Waals surface area (Å²) in [7, 11) is 0. The zero-order valence-electron chi connectivity index (χ0n) is 19.8. The Balaban J connectivity index is 2.27. The third kappa shape index (κ3) is 3.18. The highest BCUT2D eigenvalue weighted by molar-refractivity contribution is 6.04. The molecule has 7 atom stereocenters. The quantitative estimate of drug-likeness (QED) is 0.435. The van der Waals surface area contributed by atoms with Crippen LogP contribution >= 0.6 is 0 Å². The van der Waals surface area contributed by atoms with Crippen LogP contribution in [0.15, 0.2) is 23.3 Å². The van der Waals surface area contributed by atoms with Gasteiger partial charge in [0.25, 0.3) is 0 Å². The third-order valence-corrected chi connectivity index (χ3v) is 8.22. The number of ketones is 1. The first-order valence-corrected chi connectivity index (χ1v) is 10.9. The minimum atomic E-state index is -1.95. The molecule has 0 aliphatic heterocycles. The Kier molecular flexibility index (Phi) is 5.77. The SMILES string of the molecule is CC(=O)OCC1=C[C@H]2C(C)(C)[C@](C)(OC(C)=O)[C@H](O)[C@@H](C)[C@]2(O)[C@@H]2C=C(C)C(=O)[C@@]2(O)C1. The molecule has 0 heterocycles. The molecule has 32 heavy (non-hydrogen) atoms. The summed E-state index contributed by atoms with van der Waals surface area (Å²) >= 11 is 0. The van der Waals surface area contributed by atoms with Crippen LogP contribution in [0.25, 0.3) is 0 Å². The van der Waals surface area contributed by atoms with Gasteiger partial charge in [0.1, 0.15) is 17.8 Å². The molecular formula is C24H34O8. The summed E-state index contributed by atoms with van der Waals surface area (Å²) < 4.78 is 10.8. The maximum atomic E-state index is 13.0. The lowest BCUT2D eigenvalue weighted by Gasteiger charge is -2.63. The molecule has 3 aliphatic rings. The molecule has 178 valence electrons. The van der Waals surface area contributed by atoms with Gasteiger partial charge in [-0.15, -0.1) is 0 Å². The lowest BCUT2D eigenvalue weighted by atomic mass is 9.47. The average molecular weight is 451 g/mol. The van der Waals surface area contributed by atoms with Crippen LogP contribution in [0.5, 0.6) is 0 Å². The van der Waals surface area contributed by atoms with E-state index in [0.29, 0.717) is 11.1 Å². The van der Waals surface area contributed by atoms with E-state index in [1.807, 2.05) is 0 Å². The number of carbonyl (C=O) groups excluding carboxylic acids is 3. The van der Waals surface area contributed by atoms with Gasteiger partial charge in [-0.25, -0.2) is 0 Å². The minimum Gasteiger partial charge on any atom is -0.461 e. The molecule has 0 aromatic rings. The van der Waals surface area contributed by atoms with E-state index in [-0.39, 0.29) is 13.0 Å². The van der Waals surface area contributed by atoms with Gasteiger partial charge < -0.3 is 24.8 Å². The monoisotopic (exact) mass is 450 g/mol. The summed E-state index contributed by atoms with van der Waals surface area (Å²) in [5.74, 6) is -4.23. The van der Waals surface area contributed by atoms with Gasteiger partial charge in [-0.2, -0.15) is 0 Å². The Morgan fingerprint density at radius 1 is 1.09 bits per heavy atom. The molecule has 1 fully saturated rings. The summed E-state index contributed by atoms with van der Waals surface area (Å²) in [6.45, 7) is 10.8. The smallest absolute Gasteiger partial charge is 0.303 e. The molecule has 0 spiro atoms. The summed E-state index contributed by atoms with van der Waals surface area (Å²) in [4.78, 5) is 36.5. The van der Waals surface area contributed by atoms with E-state index in [1.165, 1.54) is 13.8 Å². The highest BCUT2D eigenvalue weighted by Gasteiger charge is 2.72. The second kappa shape index (κ2) is 7.50. The largest absolute Gasteiger partial charge is 0.461 e. The number of carbonyl (C=O) groups is 3. The second-order valence-corrected chi connectivity index (χ2v) is 10.4. The van der Waals surface area contributed by atoms with Crippen LogP contribution in [-0.2, 0) is 23.9 Å². The number of aliphatic hydroxyl groups is 3. The molecule has 0 saturated heterocycles. The number of hydrogen-bond donors (Lipinski definition) is 3. The molecule has 8 nitrogen and oxygen atoms in total. The first-order chi connectivity index (χ1) is 14.5. The maximum absolute atomic E-state index is 13.0. The Morgan fingerprint density at radius 3 is 2.22 bits per heavy atom. The molecular weight excluding hydrogens is 416 g/mol. The lowest BCUT2D eigenvalue weighted by Crippen LogP contribution is -2.74. The fourth-order valence-electron chi connectivity index (χ4n) is 6.18. The number of ether oxygens (including phenoxy) is 2. The number of rotatable bonds is 3. The van der Waals surface area contributed by atoms with Gasteiger partial charge in [0.2, 0.25) is 0 Å². The van der Waals surface area contributed by atoms with E-state index >= 15 is 0 Å². The molecule has 1 saturated carbocycles. The van der Waals surface area contributed by atoms with Crippen molar-refractivity contribution >= 4 is 17.7 Å². The molecule has 0 bridgehead atoms. The summed E-state index contributed by atoms with van der Waals surface area (Å²) in [5.41, 5.74) is -5.29. The maximum Gasteiger partial charge on any atom is 0.303 e. The van der Waals surface area contributed by atoms with E-state index < -0.39 is 63.8 Å². The molecule has 3 aliphatic carbocycles. The average Bonchev–Trinajstić information content (AvgIpc) is 2.84. The van der Waals surface area contributed by atoms with E-state index in [4.69, 9.17) is 9.47 Å². The fourth-order valence-corrected chi connectivity index (χ4v) is 6.18. The zero-order chi connectivity index (χ0) is 24.4. The number of fused-ring (bicyclic) bond motifs is 3. The van der Waals surface area contributed by atoms with E-state index in [9.17, 15) is 29.7 Å². The standard InChI is InChI=1S/C24H34O8/c1-12-8-18-23(29,19(12)27)10-16(11-31-14(3)25)9-17-21(5,6)22(7,32-15(4)26)20(28)13(2)24(17,18)30/h8-9,13,17-18,20,28-30H,10-11H2,1-7H3/t13-,17+,18-,20-,22-,23-,24-/m1/s1. The molecule has 3 rings (SSSR count). The first-order valence-electron chi connectivity index (χ1n) is 10.9. The predicted octanol–water partition coefficient (Wildman–Crippen LogP) is 1.46. The molecule has 0 amide bonds. The van der Waals surface area contributed by atoms with Crippen LogP contribution in [0.1, 0.15) is 54.9 Å². The van der Waals surface area contributed by atoms with Crippen molar-refractivity contribution in [3.05, 3.63) is 23.3 Å². The van der Waals surface area contributed by atoms with Crippen LogP contribution in [0.3, 0.4) is 0 Å². The second-order valence-electron chi connectivity index (χ2n) is 10.4. The van der Waals surface area contributed by atoms with E-state index in [2.05, 4.69) is 0 Å². The van der Waals surface area contributed by atoms with E-state index in [1.54, 1.807) is 46.8 Å². The van der Waals surface area contributed by atoms with Crippen LogP contribution in [-0.4, -0.2) is 62.6 Å². The Bertz CT molecular complexity index is 917. The van der Waals surface area contributed by atoms with Gasteiger partial charge in [-0.05, 0) is 25.0 Å². The summed E-state index contributed by atoms with van der Waals surface area (Å²) in [6, 6.07) is 0. The topological polar surface area (TPSA) is 130 Å². The van der Waals surface area contributed by atoms with Crippen molar-refractivity contribution in [2.24, 2.45) is 23.2 Å². The lowest BCUT2D eigenvalue weighted by molar-refractivity contribution is -0.285. The predicted molar refractivity (Wildman–Crippen MR) is 114 cm³/mol. The fraction of sp³-hybridized carbons (Fsp3) is 0.708. The van der Waals surface area contributed by atoms with Crippen molar-refractivity contribution in [2.45, 2.75) is 77.8 Å². The van der Waals surface area contributed by atoms with Gasteiger partial charge in [0.05, 0.1) is 11.7 Å². The van der Waals surface area contributed by atoms with Gasteiger partial charge in [-0.1, -0.05) is 32.9 Å². The minimum absolute atomic E-state index is 0.125. The zero-order valence-corrected chi connectivity index (χ0v) is 19.8. The van der Waals surface area contributed by atoms with Crippen molar-refractivity contribution in [2.75, 3.05) is 6.61 Å². The summed E-state index contributed by atoms with van der Waals surface area (Å²) in [6.07, 6.45) is 1.89. The molecule has 0 unspecified atom stereocenters. The third-order valence-electron chi connectivity index (χ3n) is 8.22. The number of Topliss-reactive ketones (excluding diaryl/α,β-unsaturated/α-hetero) is 1. The van der Waals surface area contributed by atoms with Crippen molar-refractivity contribution in [1.29, 1.82) is 0 Å². The Labute approximate surface area is 188 Å². The molecule has 0 aromatic carbocycles. The van der Waals surface area contributed by atoms with Gasteiger partial charge >= 0.3 is 11.9 Å². The van der Waals surface area contributed by atoms with Crippen molar-refractivity contribution in [3.63, 3.8) is 0 Å². The van der Waals surface area contributed by atoms with Crippen molar-refractivity contribution < 1.29 is 39.2 Å². The highest BCUT2D eigenvalue weighted by atomic mass is 16.6. The van der Waals surface area contributed by atoms with Crippen LogP contribution in [0.4, 0.5) is 0 Å². The molecule has 0 radical (unpaired) electrons. The Hall–Kier alpha value is -2.03. The molecule has 0 aromatic heterocycles. The number of esters is 2. The highest BCUT2D eigenvalue weighted by Crippen LogP contribution is 2.63. The summed E-state index contributed by atoms with van der Waals surface area (Å²) in [5, 5.41) is 35.2. The van der Waals surface area contributed by atoms with E-state index in [0.717, 1.165) is 0 Å². The van der Waals surface area contributed by atoms with Gasteiger partial charge in [0.15, 0.2) is 5.78 Å². The van der Waals surface area contributed by atoms with Gasteiger partial charge in [0, 0.05) is 43.4 Å². The molecule has 8 heteroatoms. The first kappa shape index (κ1) is 24.6. The van der Waals surface area contributed by atoms with Crippen LogP contribution in [0.2, 0.25) is 0 Å².